The molecule has 1 aliphatic rings. The molecule has 1 unspecified atom stereocenters. The number of carbonyl (C=O) groups is 4. The molecule has 2 aromatic rings. The third-order valence-electron chi connectivity index (χ3n) is 6.52. The number of oxime groups is 1. The summed E-state index contributed by atoms with van der Waals surface area (Å²) in [5.74, 6) is -3.13. The second-order valence-corrected chi connectivity index (χ2v) is 9.65. The van der Waals surface area contributed by atoms with Gasteiger partial charge in [-0.05, 0) is 11.5 Å². The predicted molar refractivity (Wildman–Crippen MR) is 143 cm³/mol. The van der Waals surface area contributed by atoms with Gasteiger partial charge < -0.3 is 30.4 Å². The molecule has 0 fully saturated rings. The lowest BCUT2D eigenvalue weighted by Gasteiger charge is -2.33. The molecule has 3 rings (SSSR count). The second kappa shape index (κ2) is 13.3. The van der Waals surface area contributed by atoms with Gasteiger partial charge in [-0.1, -0.05) is 79.7 Å². The minimum absolute atomic E-state index is 0.0633. The number of aliphatic carboxylic acids is 1. The zero-order chi connectivity index (χ0) is 29.3. The first-order valence-electron chi connectivity index (χ1n) is 12.6. The van der Waals surface area contributed by atoms with E-state index in [1.54, 1.807) is 30.3 Å². The number of Topliss-reactive ketones (excluding diaryl/α,β-unsaturated/α-hetero) is 1. The zero-order valence-electron chi connectivity index (χ0n) is 22.4. The Morgan fingerprint density at radius 2 is 1.77 bits per heavy atom. The number of benzene rings is 2. The Morgan fingerprint density at radius 1 is 1.15 bits per heavy atom. The quantitative estimate of drug-likeness (QED) is 0.233. The first-order chi connectivity index (χ1) is 19.1. The molecule has 3 atom stereocenters. The molecular formula is C28H31N5O7. The van der Waals surface area contributed by atoms with E-state index < -0.39 is 47.9 Å². The lowest BCUT2D eigenvalue weighted by molar-refractivity contribution is -0.160. The molecule has 40 heavy (non-hydrogen) atoms. The maximum atomic E-state index is 14.0. The lowest BCUT2D eigenvalue weighted by Crippen LogP contribution is -2.53. The second-order valence-electron chi connectivity index (χ2n) is 9.65. The number of amides is 2. The van der Waals surface area contributed by atoms with Crippen molar-refractivity contribution in [2.75, 3.05) is 7.05 Å². The molecule has 0 aliphatic carbocycles. The van der Waals surface area contributed by atoms with Crippen molar-refractivity contribution in [3.63, 3.8) is 0 Å². The summed E-state index contributed by atoms with van der Waals surface area (Å²) in [5.41, 5.74) is 8.65. The highest BCUT2D eigenvalue weighted by atomic mass is 16.7. The van der Waals surface area contributed by atoms with Crippen LogP contribution < -0.4 is 5.32 Å². The Bertz CT molecular complexity index is 1310. The molecule has 0 aromatic heterocycles. The third kappa shape index (κ3) is 6.97. The molecule has 1 aliphatic heterocycles. The topological polar surface area (TPSA) is 171 Å². The number of likely N-dealkylation sites (N-methyl/N-ethyl adjacent to an activating group) is 1. The number of ether oxygens (including phenoxy) is 1. The van der Waals surface area contributed by atoms with Gasteiger partial charge in [-0.2, -0.15) is 4.79 Å². The molecule has 2 amide bonds. The van der Waals surface area contributed by atoms with E-state index >= 15 is 0 Å². The van der Waals surface area contributed by atoms with Gasteiger partial charge in [-0.15, -0.1) is 0 Å². The van der Waals surface area contributed by atoms with Gasteiger partial charge >= 0.3 is 18.3 Å². The molecule has 12 nitrogen and oxygen atoms in total. The van der Waals surface area contributed by atoms with Gasteiger partial charge in [0.15, 0.2) is 0 Å². The van der Waals surface area contributed by atoms with Gasteiger partial charge in [-0.25, -0.2) is 4.79 Å². The van der Waals surface area contributed by atoms with Crippen molar-refractivity contribution >= 4 is 35.7 Å². The summed E-state index contributed by atoms with van der Waals surface area (Å²) in [5, 5.41) is 16.3. The van der Waals surface area contributed by atoms with Crippen LogP contribution in [0.3, 0.4) is 0 Å². The van der Waals surface area contributed by atoms with Crippen LogP contribution in [-0.4, -0.2) is 69.6 Å². The van der Waals surface area contributed by atoms with Crippen LogP contribution in [0.15, 0.2) is 65.8 Å². The first-order valence-corrected chi connectivity index (χ1v) is 12.6. The van der Waals surface area contributed by atoms with E-state index in [1.807, 2.05) is 44.2 Å². The summed E-state index contributed by atoms with van der Waals surface area (Å²) >= 11 is 0. The highest BCUT2D eigenvalue weighted by molar-refractivity contribution is 6.28. The number of alkyl carbamates (subject to hydrolysis) is 1. The number of rotatable bonds is 12. The summed E-state index contributed by atoms with van der Waals surface area (Å²) in [6.07, 6.45) is -0.954. The summed E-state index contributed by atoms with van der Waals surface area (Å²) in [6, 6.07) is 15.5. The summed E-state index contributed by atoms with van der Waals surface area (Å²) in [7, 11) is 1.27. The molecular weight excluding hydrogens is 518 g/mol. The van der Waals surface area contributed by atoms with Crippen molar-refractivity contribution in [2.45, 2.75) is 51.0 Å². The monoisotopic (exact) mass is 549 g/mol. The van der Waals surface area contributed by atoms with Crippen LogP contribution in [0, 0.1) is 5.92 Å². The van der Waals surface area contributed by atoms with Crippen LogP contribution in [-0.2, 0) is 36.2 Å². The Hall–Kier alpha value is -4.83. The van der Waals surface area contributed by atoms with E-state index in [9.17, 15) is 24.3 Å². The van der Waals surface area contributed by atoms with Gasteiger partial charge in [0.2, 0.25) is 5.60 Å². The van der Waals surface area contributed by atoms with E-state index in [-0.39, 0.29) is 18.9 Å². The smallest absolute Gasteiger partial charge is 0.408 e. The maximum Gasteiger partial charge on any atom is 0.408 e. The van der Waals surface area contributed by atoms with E-state index in [2.05, 4.69) is 15.3 Å². The largest absolute Gasteiger partial charge is 0.481 e. The van der Waals surface area contributed by atoms with Crippen LogP contribution in [0.1, 0.15) is 37.8 Å². The van der Waals surface area contributed by atoms with Crippen molar-refractivity contribution < 1.29 is 38.6 Å². The molecule has 0 saturated carbocycles. The van der Waals surface area contributed by atoms with Crippen molar-refractivity contribution in [3.05, 3.63) is 77.3 Å². The average Bonchev–Trinajstić information content (AvgIpc) is 3.40. The predicted octanol–water partition coefficient (Wildman–Crippen LogP) is 2.78. The third-order valence-corrected chi connectivity index (χ3v) is 6.52. The summed E-state index contributed by atoms with van der Waals surface area (Å²) in [4.78, 5) is 60.1. The van der Waals surface area contributed by atoms with Crippen molar-refractivity contribution in [1.29, 1.82) is 0 Å². The van der Waals surface area contributed by atoms with Crippen LogP contribution in [0.4, 0.5) is 4.79 Å². The Balaban J connectivity index is 1.87. The Morgan fingerprint density at radius 3 is 2.35 bits per heavy atom. The number of ketones is 1. The highest BCUT2D eigenvalue weighted by Gasteiger charge is 2.53. The fraction of sp³-hybridized carbons (Fsp3) is 0.357. The summed E-state index contributed by atoms with van der Waals surface area (Å²) in [6.45, 7) is 3.78. The van der Waals surface area contributed by atoms with Gasteiger partial charge in [0.1, 0.15) is 12.6 Å². The number of carboxylic acids is 1. The standard InChI is InChI=1S/C28H31N5O7/c1-18(2)25(31-27(38)39-17-19-10-6-4-7-11-19)21-15-28(40-32-21,20-12-8-5-9-13-20)26(37)33(3)22(14-24(35)36)23(34)16-30-29/h4-13,16,18,22,25H,14-15,17H2,1-3H3,(H,31,38)(H,35,36)/t22-,25-,28?/m0/s1. The molecule has 12 heteroatoms. The molecule has 210 valence electrons. The molecule has 2 N–H and O–H groups in total. The normalized spacial score (nSPS) is 17.4. The number of hydrogen-bond donors (Lipinski definition) is 2. The minimum Gasteiger partial charge on any atom is -0.481 e. The van der Waals surface area contributed by atoms with Crippen LogP contribution in [0.25, 0.3) is 5.53 Å². The van der Waals surface area contributed by atoms with Gasteiger partial charge in [0.25, 0.3) is 11.7 Å². The molecule has 1 heterocycles. The molecule has 0 spiro atoms. The number of carboxylic acid groups (broad SMARTS) is 1. The SMILES string of the molecule is CC(C)[C@H](NC(=O)OCc1ccccc1)C1=NOC(C(=O)N(C)[C@@H](CC(=O)O)C(=O)C=[N+]=[N-])(c2ccccc2)C1. The Kier molecular flexibility index (Phi) is 9.88. The van der Waals surface area contributed by atoms with Crippen molar-refractivity contribution in [2.24, 2.45) is 11.1 Å². The van der Waals surface area contributed by atoms with Crippen LogP contribution in [0.5, 0.6) is 0 Å². The van der Waals surface area contributed by atoms with Gasteiger partial charge in [0, 0.05) is 19.0 Å². The van der Waals surface area contributed by atoms with Crippen molar-refractivity contribution in [3.8, 4) is 0 Å². The fourth-order valence-electron chi connectivity index (χ4n) is 4.41. The number of carbonyl (C=O) groups excluding carboxylic acids is 3. The fourth-order valence-corrected chi connectivity index (χ4v) is 4.41. The maximum absolute atomic E-state index is 14.0. The first kappa shape index (κ1) is 29.7. The van der Waals surface area contributed by atoms with E-state index in [0.29, 0.717) is 17.5 Å². The number of nitrogens with zero attached hydrogens (tertiary/aromatic N) is 4. The van der Waals surface area contributed by atoms with E-state index in [1.165, 1.54) is 7.05 Å². The molecule has 0 bridgehead atoms. The number of nitrogens with one attached hydrogen (secondary N) is 1. The average molecular weight is 550 g/mol. The summed E-state index contributed by atoms with van der Waals surface area (Å²) < 4.78 is 5.36. The number of hydrogen-bond acceptors (Lipinski definition) is 7. The molecule has 2 aromatic carbocycles. The van der Waals surface area contributed by atoms with E-state index in [4.69, 9.17) is 15.1 Å². The molecule has 0 saturated heterocycles. The Labute approximate surface area is 231 Å². The van der Waals surface area contributed by atoms with E-state index in [0.717, 1.165) is 10.5 Å². The van der Waals surface area contributed by atoms with Gasteiger partial charge in [-0.3, -0.25) is 14.4 Å². The molecule has 0 radical (unpaired) electrons. The van der Waals surface area contributed by atoms with Crippen LogP contribution >= 0.6 is 0 Å². The van der Waals surface area contributed by atoms with Gasteiger partial charge in [0.05, 0.1) is 18.2 Å². The zero-order valence-corrected chi connectivity index (χ0v) is 22.4. The lowest BCUT2D eigenvalue weighted by atomic mass is 9.83. The van der Waals surface area contributed by atoms with Crippen LogP contribution in [0.2, 0.25) is 0 Å². The minimum atomic E-state index is -1.75. The van der Waals surface area contributed by atoms with Crippen molar-refractivity contribution in [1.82, 2.24) is 10.2 Å². The highest BCUT2D eigenvalue weighted by Crippen LogP contribution is 2.38.